The molecule has 0 atom stereocenters. The van der Waals surface area contributed by atoms with Crippen molar-refractivity contribution in [1.82, 2.24) is 4.90 Å². The topological polar surface area (TPSA) is 78.5 Å². The van der Waals surface area contributed by atoms with Gasteiger partial charge >= 0.3 is 0 Å². The molecule has 2 aromatic rings. The lowest BCUT2D eigenvalue weighted by Crippen LogP contribution is -2.31. The van der Waals surface area contributed by atoms with Crippen molar-refractivity contribution in [2.45, 2.75) is 26.8 Å². The molecule has 0 saturated carbocycles. The van der Waals surface area contributed by atoms with Gasteiger partial charge in [0.15, 0.2) is 0 Å². The first-order valence-electron chi connectivity index (χ1n) is 8.51. The van der Waals surface area contributed by atoms with E-state index in [1.807, 2.05) is 12.1 Å². The quantitative estimate of drug-likeness (QED) is 0.760. The van der Waals surface area contributed by atoms with Crippen LogP contribution in [0.1, 0.15) is 25.8 Å². The Bertz CT molecular complexity index is 821. The van der Waals surface area contributed by atoms with Crippen molar-refractivity contribution in [2.75, 3.05) is 17.2 Å². The van der Waals surface area contributed by atoms with E-state index in [2.05, 4.69) is 10.6 Å². The van der Waals surface area contributed by atoms with Crippen LogP contribution in [-0.2, 0) is 20.9 Å². The van der Waals surface area contributed by atoms with Crippen LogP contribution in [0.5, 0.6) is 0 Å². The van der Waals surface area contributed by atoms with Crippen molar-refractivity contribution in [3.63, 3.8) is 0 Å². The predicted molar refractivity (Wildman–Crippen MR) is 107 cm³/mol. The molecule has 0 aromatic heterocycles. The summed E-state index contributed by atoms with van der Waals surface area (Å²) in [6.45, 7) is 3.61. The van der Waals surface area contributed by atoms with Gasteiger partial charge in [-0.15, -0.1) is 0 Å². The van der Waals surface area contributed by atoms with E-state index in [0.29, 0.717) is 29.5 Å². The third-order valence-corrected chi connectivity index (χ3v) is 4.06. The summed E-state index contributed by atoms with van der Waals surface area (Å²) >= 11 is 5.87. The fourth-order valence-electron chi connectivity index (χ4n) is 2.50. The van der Waals surface area contributed by atoms with Gasteiger partial charge < -0.3 is 15.5 Å². The number of carbonyl (C=O) groups excluding carboxylic acids is 3. The molecule has 0 aliphatic carbocycles. The third kappa shape index (κ3) is 7.11. The summed E-state index contributed by atoms with van der Waals surface area (Å²) in [6.07, 6.45) is 0.164. The second-order valence-corrected chi connectivity index (χ2v) is 6.56. The Morgan fingerprint density at radius 2 is 1.59 bits per heavy atom. The van der Waals surface area contributed by atoms with E-state index in [-0.39, 0.29) is 24.1 Å². The van der Waals surface area contributed by atoms with Crippen LogP contribution in [0.15, 0.2) is 48.5 Å². The van der Waals surface area contributed by atoms with Crippen LogP contribution in [0.25, 0.3) is 0 Å². The fraction of sp³-hybridized carbons (Fsp3) is 0.250. The molecule has 2 rings (SSSR count). The maximum absolute atomic E-state index is 12.2. The Hall–Kier alpha value is -2.86. The molecule has 0 aliphatic heterocycles. The van der Waals surface area contributed by atoms with Crippen LogP contribution in [-0.4, -0.2) is 29.2 Å². The second kappa shape index (κ2) is 9.73. The molecule has 2 N–H and O–H groups in total. The summed E-state index contributed by atoms with van der Waals surface area (Å²) in [6, 6.07) is 14.1. The number of benzene rings is 2. The summed E-state index contributed by atoms with van der Waals surface area (Å²) in [5, 5.41) is 6.07. The zero-order valence-electron chi connectivity index (χ0n) is 15.3. The number of nitrogens with zero attached hydrogens (tertiary/aromatic N) is 1. The molecule has 0 spiro atoms. The number of amides is 3. The van der Waals surface area contributed by atoms with E-state index >= 15 is 0 Å². The van der Waals surface area contributed by atoms with Gasteiger partial charge in [0.25, 0.3) is 0 Å². The molecular formula is C20H22ClN3O3. The molecular weight excluding hydrogens is 366 g/mol. The maximum atomic E-state index is 12.2. The van der Waals surface area contributed by atoms with Crippen molar-refractivity contribution >= 4 is 40.7 Å². The third-order valence-electron chi connectivity index (χ3n) is 3.81. The highest BCUT2D eigenvalue weighted by Gasteiger charge is 2.12. The van der Waals surface area contributed by atoms with Gasteiger partial charge in [0, 0.05) is 49.8 Å². The van der Waals surface area contributed by atoms with E-state index in [4.69, 9.17) is 11.6 Å². The van der Waals surface area contributed by atoms with Crippen LogP contribution in [0.4, 0.5) is 11.4 Å². The van der Waals surface area contributed by atoms with E-state index in [0.717, 1.165) is 5.56 Å². The summed E-state index contributed by atoms with van der Waals surface area (Å²) in [4.78, 5) is 36.8. The molecule has 0 unspecified atom stereocenters. The van der Waals surface area contributed by atoms with Crippen LogP contribution in [0.3, 0.4) is 0 Å². The first kappa shape index (κ1) is 20.5. The average Bonchev–Trinajstić information content (AvgIpc) is 2.59. The summed E-state index contributed by atoms with van der Waals surface area (Å²) < 4.78 is 0. The smallest absolute Gasteiger partial charge is 0.226 e. The summed E-state index contributed by atoms with van der Waals surface area (Å²) in [7, 11) is 0. The zero-order chi connectivity index (χ0) is 19.8. The molecule has 142 valence electrons. The minimum Gasteiger partial charge on any atom is -0.338 e. The Kier molecular flexibility index (Phi) is 7.37. The maximum Gasteiger partial charge on any atom is 0.226 e. The normalized spacial score (nSPS) is 10.2. The molecule has 7 heteroatoms. The molecule has 0 aliphatic rings. The van der Waals surface area contributed by atoms with Crippen LogP contribution >= 0.6 is 11.6 Å². The minimum absolute atomic E-state index is 0.106. The van der Waals surface area contributed by atoms with Crippen molar-refractivity contribution in [2.24, 2.45) is 0 Å². The molecule has 27 heavy (non-hydrogen) atoms. The lowest BCUT2D eigenvalue weighted by molar-refractivity contribution is -0.130. The highest BCUT2D eigenvalue weighted by atomic mass is 35.5. The first-order chi connectivity index (χ1) is 12.8. The van der Waals surface area contributed by atoms with E-state index < -0.39 is 0 Å². The van der Waals surface area contributed by atoms with Gasteiger partial charge in [-0.2, -0.15) is 0 Å². The molecule has 0 bridgehead atoms. The van der Waals surface area contributed by atoms with Crippen LogP contribution in [0.2, 0.25) is 5.02 Å². The van der Waals surface area contributed by atoms with E-state index in [9.17, 15) is 14.4 Å². The number of nitrogens with one attached hydrogen (secondary N) is 2. The number of anilines is 2. The Balaban J connectivity index is 1.91. The van der Waals surface area contributed by atoms with Crippen LogP contribution in [0, 0.1) is 0 Å². The van der Waals surface area contributed by atoms with Gasteiger partial charge in [0.05, 0.1) is 0 Å². The fourth-order valence-corrected chi connectivity index (χ4v) is 2.62. The number of halogens is 1. The Morgan fingerprint density at radius 3 is 2.19 bits per heavy atom. The number of hydrogen-bond donors (Lipinski definition) is 2. The van der Waals surface area contributed by atoms with Crippen molar-refractivity contribution in [1.29, 1.82) is 0 Å². The minimum atomic E-state index is -0.211. The molecule has 6 nitrogen and oxygen atoms in total. The standard InChI is InChI=1S/C20H22ClN3O3/c1-14(25)22-18-4-3-5-19(12-18)23-20(27)10-11-24(15(2)26)13-16-6-8-17(21)9-7-16/h3-9,12H,10-11,13H2,1-2H3,(H,22,25)(H,23,27). The van der Waals surface area contributed by atoms with Crippen molar-refractivity contribution in [3.05, 3.63) is 59.1 Å². The van der Waals surface area contributed by atoms with Gasteiger partial charge in [-0.1, -0.05) is 29.8 Å². The molecule has 0 heterocycles. The zero-order valence-corrected chi connectivity index (χ0v) is 16.0. The summed E-state index contributed by atoms with van der Waals surface area (Å²) in [5.41, 5.74) is 2.13. The molecule has 0 fully saturated rings. The first-order valence-corrected chi connectivity index (χ1v) is 8.89. The van der Waals surface area contributed by atoms with Gasteiger partial charge in [0.2, 0.25) is 17.7 Å². The van der Waals surface area contributed by atoms with Crippen LogP contribution < -0.4 is 10.6 Å². The number of rotatable bonds is 7. The predicted octanol–water partition coefficient (Wildman–Crippen LogP) is 3.68. The Morgan fingerprint density at radius 1 is 0.963 bits per heavy atom. The van der Waals surface area contributed by atoms with Gasteiger partial charge in [-0.05, 0) is 35.9 Å². The van der Waals surface area contributed by atoms with Crippen molar-refractivity contribution < 1.29 is 14.4 Å². The Labute approximate surface area is 163 Å². The largest absolute Gasteiger partial charge is 0.338 e. The highest BCUT2D eigenvalue weighted by Crippen LogP contribution is 2.16. The molecule has 0 radical (unpaired) electrons. The number of hydrogen-bond acceptors (Lipinski definition) is 3. The summed E-state index contributed by atoms with van der Waals surface area (Å²) in [5.74, 6) is -0.500. The van der Waals surface area contributed by atoms with E-state index in [1.165, 1.54) is 13.8 Å². The number of carbonyl (C=O) groups is 3. The van der Waals surface area contributed by atoms with E-state index in [1.54, 1.807) is 41.3 Å². The lowest BCUT2D eigenvalue weighted by Gasteiger charge is -2.21. The second-order valence-electron chi connectivity index (χ2n) is 6.13. The van der Waals surface area contributed by atoms with Gasteiger partial charge in [0.1, 0.15) is 0 Å². The molecule has 2 aromatic carbocycles. The van der Waals surface area contributed by atoms with Gasteiger partial charge in [-0.25, -0.2) is 0 Å². The van der Waals surface area contributed by atoms with Gasteiger partial charge in [-0.3, -0.25) is 14.4 Å². The average molecular weight is 388 g/mol. The SMILES string of the molecule is CC(=O)Nc1cccc(NC(=O)CCN(Cc2ccc(Cl)cc2)C(C)=O)c1. The van der Waals surface area contributed by atoms with Crippen molar-refractivity contribution in [3.8, 4) is 0 Å². The monoisotopic (exact) mass is 387 g/mol. The molecule has 3 amide bonds. The highest BCUT2D eigenvalue weighted by molar-refractivity contribution is 6.30. The lowest BCUT2D eigenvalue weighted by atomic mass is 10.2. The molecule has 0 saturated heterocycles.